The van der Waals surface area contributed by atoms with Crippen LogP contribution in [0.4, 0.5) is 4.39 Å². The third-order valence-electron chi connectivity index (χ3n) is 2.93. The van der Waals surface area contributed by atoms with Crippen molar-refractivity contribution in [3.8, 4) is 17.1 Å². The molecule has 0 aliphatic rings. The number of rotatable bonds is 1. The lowest BCUT2D eigenvalue weighted by atomic mass is 10.1. The van der Waals surface area contributed by atoms with Gasteiger partial charge in [0.25, 0.3) is 0 Å². The number of aromatic hydroxyl groups is 1. The SMILES string of the molecule is O=c1c(O)c(-c2ccc(F)cc2)oc2ccc(Cl)cc12. The molecule has 1 heterocycles. The quantitative estimate of drug-likeness (QED) is 0.738. The molecule has 0 spiro atoms. The summed E-state index contributed by atoms with van der Waals surface area (Å²) < 4.78 is 18.4. The first-order valence-corrected chi connectivity index (χ1v) is 6.15. The van der Waals surface area contributed by atoms with E-state index in [2.05, 4.69) is 0 Å². The molecule has 1 N–H and O–H groups in total. The molecule has 3 nitrogen and oxygen atoms in total. The zero-order chi connectivity index (χ0) is 14.3. The molecule has 0 aliphatic carbocycles. The molecule has 0 aliphatic heterocycles. The van der Waals surface area contributed by atoms with Gasteiger partial charge in [0, 0.05) is 10.6 Å². The van der Waals surface area contributed by atoms with Gasteiger partial charge >= 0.3 is 0 Å². The van der Waals surface area contributed by atoms with Gasteiger partial charge in [-0.1, -0.05) is 11.6 Å². The molecule has 2 aromatic carbocycles. The molecule has 0 saturated heterocycles. The lowest BCUT2D eigenvalue weighted by Gasteiger charge is -2.06. The van der Waals surface area contributed by atoms with Gasteiger partial charge < -0.3 is 9.52 Å². The maximum Gasteiger partial charge on any atom is 0.235 e. The number of hydrogen-bond donors (Lipinski definition) is 1. The average molecular weight is 291 g/mol. The van der Waals surface area contributed by atoms with Crippen LogP contribution in [0.1, 0.15) is 0 Å². The molecule has 0 unspecified atom stereocenters. The van der Waals surface area contributed by atoms with Gasteiger partial charge in [-0.05, 0) is 42.5 Å². The topological polar surface area (TPSA) is 50.4 Å². The lowest BCUT2D eigenvalue weighted by Crippen LogP contribution is -2.02. The first-order valence-electron chi connectivity index (χ1n) is 5.77. The van der Waals surface area contributed by atoms with E-state index < -0.39 is 17.0 Å². The minimum atomic E-state index is -0.576. The smallest absolute Gasteiger partial charge is 0.235 e. The molecular formula is C15H8ClFO3. The lowest BCUT2D eigenvalue weighted by molar-refractivity contribution is 0.449. The van der Waals surface area contributed by atoms with E-state index in [1.165, 1.54) is 30.3 Å². The van der Waals surface area contributed by atoms with Crippen molar-refractivity contribution in [2.45, 2.75) is 0 Å². The van der Waals surface area contributed by atoms with Crippen molar-refractivity contribution in [1.29, 1.82) is 0 Å². The van der Waals surface area contributed by atoms with Crippen LogP contribution in [0.3, 0.4) is 0 Å². The summed E-state index contributed by atoms with van der Waals surface area (Å²) in [5, 5.41) is 10.5. The molecule has 0 fully saturated rings. The van der Waals surface area contributed by atoms with Crippen LogP contribution in [0.5, 0.6) is 5.75 Å². The van der Waals surface area contributed by atoms with Crippen LogP contribution >= 0.6 is 11.6 Å². The minimum Gasteiger partial charge on any atom is -0.502 e. The van der Waals surface area contributed by atoms with Gasteiger partial charge in [0.2, 0.25) is 11.2 Å². The summed E-state index contributed by atoms with van der Waals surface area (Å²) in [6.45, 7) is 0. The predicted octanol–water partition coefficient (Wildman–Crippen LogP) is 3.96. The Labute approximate surface area is 117 Å². The third kappa shape index (κ3) is 2.04. The maximum atomic E-state index is 12.9. The summed E-state index contributed by atoms with van der Waals surface area (Å²) in [5.74, 6) is -0.931. The third-order valence-corrected chi connectivity index (χ3v) is 3.17. The molecule has 5 heteroatoms. The Morgan fingerprint density at radius 1 is 1.10 bits per heavy atom. The van der Waals surface area contributed by atoms with Crippen molar-refractivity contribution in [1.82, 2.24) is 0 Å². The van der Waals surface area contributed by atoms with Gasteiger partial charge in [0.05, 0.1) is 5.39 Å². The molecule has 0 radical (unpaired) electrons. The van der Waals surface area contributed by atoms with Gasteiger partial charge in [-0.25, -0.2) is 4.39 Å². The van der Waals surface area contributed by atoms with Crippen molar-refractivity contribution in [2.24, 2.45) is 0 Å². The van der Waals surface area contributed by atoms with E-state index >= 15 is 0 Å². The van der Waals surface area contributed by atoms with E-state index in [1.807, 2.05) is 0 Å². The van der Waals surface area contributed by atoms with Crippen LogP contribution in [0, 0.1) is 5.82 Å². The molecule has 0 amide bonds. The van der Waals surface area contributed by atoms with Crippen LogP contribution in [0.15, 0.2) is 51.7 Å². The highest BCUT2D eigenvalue weighted by Crippen LogP contribution is 2.30. The van der Waals surface area contributed by atoms with Crippen molar-refractivity contribution in [3.63, 3.8) is 0 Å². The van der Waals surface area contributed by atoms with Crippen molar-refractivity contribution in [2.75, 3.05) is 0 Å². The van der Waals surface area contributed by atoms with Gasteiger partial charge in [0.15, 0.2) is 5.76 Å². The molecule has 0 atom stereocenters. The Bertz CT molecular complexity index is 853. The van der Waals surface area contributed by atoms with Crippen LogP contribution in [0.2, 0.25) is 5.02 Å². The summed E-state index contributed by atoms with van der Waals surface area (Å²) >= 11 is 5.81. The van der Waals surface area contributed by atoms with Crippen molar-refractivity contribution < 1.29 is 13.9 Å². The van der Waals surface area contributed by atoms with E-state index in [4.69, 9.17) is 16.0 Å². The highest BCUT2D eigenvalue weighted by Gasteiger charge is 2.15. The summed E-state index contributed by atoms with van der Waals surface area (Å²) in [7, 11) is 0. The fourth-order valence-corrected chi connectivity index (χ4v) is 2.13. The monoisotopic (exact) mass is 290 g/mol. The van der Waals surface area contributed by atoms with E-state index in [-0.39, 0.29) is 11.1 Å². The number of benzene rings is 2. The van der Waals surface area contributed by atoms with Crippen LogP contribution in [-0.4, -0.2) is 5.11 Å². The molecule has 100 valence electrons. The molecule has 3 aromatic rings. The van der Waals surface area contributed by atoms with Gasteiger partial charge in [0.1, 0.15) is 11.4 Å². The molecule has 3 rings (SSSR count). The summed E-state index contributed by atoms with van der Waals surface area (Å²) in [5.41, 5.74) is 0.141. The van der Waals surface area contributed by atoms with E-state index in [0.29, 0.717) is 16.2 Å². The molecule has 0 bridgehead atoms. The first-order chi connectivity index (χ1) is 9.56. The van der Waals surface area contributed by atoms with Crippen LogP contribution in [-0.2, 0) is 0 Å². The number of hydrogen-bond acceptors (Lipinski definition) is 3. The van der Waals surface area contributed by atoms with Crippen molar-refractivity contribution >= 4 is 22.6 Å². The second kappa shape index (κ2) is 4.65. The fourth-order valence-electron chi connectivity index (χ4n) is 1.95. The second-order valence-electron chi connectivity index (χ2n) is 4.26. The first kappa shape index (κ1) is 12.7. The van der Waals surface area contributed by atoms with Crippen molar-refractivity contribution in [3.05, 3.63) is 63.5 Å². The summed E-state index contributed by atoms with van der Waals surface area (Å²) in [6, 6.07) is 9.85. The molecule has 1 aromatic heterocycles. The normalized spacial score (nSPS) is 10.9. The zero-order valence-electron chi connectivity index (χ0n) is 10.1. The Morgan fingerprint density at radius 2 is 1.80 bits per heavy atom. The molecular weight excluding hydrogens is 283 g/mol. The van der Waals surface area contributed by atoms with Gasteiger partial charge in [-0.15, -0.1) is 0 Å². The number of fused-ring (bicyclic) bond motifs is 1. The Kier molecular flexibility index (Phi) is 2.95. The fraction of sp³-hybridized carbons (Fsp3) is 0. The summed E-state index contributed by atoms with van der Waals surface area (Å²) in [6.07, 6.45) is 0. The van der Waals surface area contributed by atoms with Crippen LogP contribution < -0.4 is 5.43 Å². The largest absolute Gasteiger partial charge is 0.502 e. The second-order valence-corrected chi connectivity index (χ2v) is 4.69. The minimum absolute atomic E-state index is 0.00447. The highest BCUT2D eigenvalue weighted by atomic mass is 35.5. The molecule has 20 heavy (non-hydrogen) atoms. The van der Waals surface area contributed by atoms with E-state index in [9.17, 15) is 14.3 Å². The van der Waals surface area contributed by atoms with Gasteiger partial charge in [-0.3, -0.25) is 4.79 Å². The Balaban J connectivity index is 2.32. The van der Waals surface area contributed by atoms with Crippen LogP contribution in [0.25, 0.3) is 22.3 Å². The van der Waals surface area contributed by atoms with E-state index in [1.54, 1.807) is 12.1 Å². The maximum absolute atomic E-state index is 12.9. The zero-order valence-corrected chi connectivity index (χ0v) is 10.8. The predicted molar refractivity (Wildman–Crippen MR) is 74.6 cm³/mol. The average Bonchev–Trinajstić information content (AvgIpc) is 2.44. The Hall–Kier alpha value is -2.33. The van der Waals surface area contributed by atoms with Gasteiger partial charge in [-0.2, -0.15) is 0 Å². The molecule has 0 saturated carbocycles. The standard InChI is InChI=1S/C15H8ClFO3/c16-9-3-6-12-11(7-9)13(18)14(19)15(20-12)8-1-4-10(17)5-2-8/h1-7,19H. The van der Waals surface area contributed by atoms with E-state index in [0.717, 1.165) is 0 Å². The Morgan fingerprint density at radius 3 is 2.50 bits per heavy atom. The highest BCUT2D eigenvalue weighted by molar-refractivity contribution is 6.31. The summed E-state index contributed by atoms with van der Waals surface area (Å²) in [4.78, 5) is 12.1. The number of halogens is 2.